The van der Waals surface area contributed by atoms with Gasteiger partial charge in [-0.05, 0) is 18.2 Å². The van der Waals surface area contributed by atoms with E-state index in [4.69, 9.17) is 7.74 Å². The minimum Gasteiger partial charge on any atom is -0.314 e. The molecule has 0 unspecified atom stereocenters. The van der Waals surface area contributed by atoms with Gasteiger partial charge in [-0.15, -0.1) is 5.10 Å². The van der Waals surface area contributed by atoms with Crippen molar-refractivity contribution < 1.29 is 8.78 Å². The highest BCUT2D eigenvalue weighted by atomic mass is 19.2. The number of benzene rings is 1. The minimum atomic E-state index is -0.918. The second-order valence-corrected chi connectivity index (χ2v) is 2.86. The van der Waals surface area contributed by atoms with E-state index in [-0.39, 0.29) is 0 Å². The van der Waals surface area contributed by atoms with Gasteiger partial charge in [0.05, 0.1) is 0 Å². The Bertz CT molecular complexity index is 486. The molecule has 0 N–H and O–H groups in total. The fourth-order valence-electron chi connectivity index (χ4n) is 1.14. The van der Waals surface area contributed by atoms with E-state index in [1.54, 1.807) is 0 Å². The number of halogens is 2. The molecule has 0 aliphatic heterocycles. The Kier molecular flexibility index (Phi) is 2.53. The maximum absolute atomic E-state index is 12.9. The molecule has 3 nitrogen and oxygen atoms in total. The van der Waals surface area contributed by atoms with Crippen molar-refractivity contribution in [2.24, 2.45) is 0 Å². The van der Waals surface area contributed by atoms with Crippen molar-refractivity contribution in [1.29, 1.82) is 0 Å². The number of hydrogen-bond acceptors (Lipinski definition) is 2. The standard InChI is InChI=1S/C8H4B2F2N3/c9-10-15-4-8(13-14-15)5-1-2-6(11)7(12)3-5/h1-4H. The lowest BCUT2D eigenvalue weighted by atomic mass is 9.67. The second kappa shape index (κ2) is 3.84. The summed E-state index contributed by atoms with van der Waals surface area (Å²) in [5.41, 5.74) is 0.873. The van der Waals surface area contributed by atoms with Gasteiger partial charge in [-0.2, -0.15) is 0 Å². The molecule has 0 atom stereocenters. The van der Waals surface area contributed by atoms with Crippen molar-refractivity contribution in [2.75, 3.05) is 0 Å². The molecule has 1 heterocycles. The third-order valence-electron chi connectivity index (χ3n) is 1.88. The zero-order valence-corrected chi connectivity index (χ0v) is 7.56. The SMILES string of the molecule is [B][B]n1cc(-c2ccc(F)c(F)c2)nn1. The van der Waals surface area contributed by atoms with Crippen LogP contribution in [0.25, 0.3) is 11.3 Å². The Labute approximate surface area is 86.8 Å². The molecule has 3 radical (unpaired) electrons. The maximum Gasteiger partial charge on any atom is 0.221 e. The van der Waals surface area contributed by atoms with E-state index in [0.29, 0.717) is 11.3 Å². The predicted octanol–water partition coefficient (Wildman–Crippen LogP) is 0.774. The average molecular weight is 202 g/mol. The maximum atomic E-state index is 12.9. The molecule has 1 aromatic carbocycles. The van der Waals surface area contributed by atoms with Gasteiger partial charge in [0.15, 0.2) is 11.6 Å². The van der Waals surface area contributed by atoms with Gasteiger partial charge >= 0.3 is 0 Å². The summed E-state index contributed by atoms with van der Waals surface area (Å²) in [7, 11) is 6.40. The summed E-state index contributed by atoms with van der Waals surface area (Å²) in [6.45, 7) is 0. The van der Waals surface area contributed by atoms with E-state index < -0.39 is 11.6 Å². The first-order chi connectivity index (χ1) is 7.20. The van der Waals surface area contributed by atoms with Crippen molar-refractivity contribution in [3.05, 3.63) is 36.0 Å². The monoisotopic (exact) mass is 202 g/mol. The molecule has 0 fully saturated rings. The molecule has 0 aliphatic carbocycles. The Morgan fingerprint density at radius 1 is 1.27 bits per heavy atom. The topological polar surface area (TPSA) is 30.7 Å². The molecule has 0 bridgehead atoms. The highest BCUT2D eigenvalue weighted by Crippen LogP contribution is 2.18. The summed E-state index contributed by atoms with van der Waals surface area (Å²) in [5, 5.41) is 7.37. The molecule has 0 saturated carbocycles. The smallest absolute Gasteiger partial charge is 0.221 e. The molecule has 0 saturated heterocycles. The Morgan fingerprint density at radius 2 is 2.07 bits per heavy atom. The predicted molar refractivity (Wildman–Crippen MR) is 52.3 cm³/mol. The van der Waals surface area contributed by atoms with Crippen molar-refractivity contribution >= 4 is 15.0 Å². The van der Waals surface area contributed by atoms with Crippen LogP contribution in [0.5, 0.6) is 0 Å². The Morgan fingerprint density at radius 3 is 2.67 bits per heavy atom. The number of rotatable bonds is 2. The van der Waals surface area contributed by atoms with Crippen molar-refractivity contribution in [2.45, 2.75) is 0 Å². The first-order valence-electron chi connectivity index (χ1n) is 4.13. The van der Waals surface area contributed by atoms with Crippen LogP contribution in [0.2, 0.25) is 0 Å². The zero-order valence-electron chi connectivity index (χ0n) is 7.56. The van der Waals surface area contributed by atoms with Crippen LogP contribution in [0.1, 0.15) is 0 Å². The van der Waals surface area contributed by atoms with Crippen LogP contribution in [0.15, 0.2) is 24.4 Å². The van der Waals surface area contributed by atoms with Gasteiger partial charge in [0.25, 0.3) is 0 Å². The number of nitrogens with zero attached hydrogens (tertiary/aromatic N) is 3. The largest absolute Gasteiger partial charge is 0.314 e. The number of hydrogen-bond donors (Lipinski definition) is 0. The van der Waals surface area contributed by atoms with E-state index in [2.05, 4.69) is 10.3 Å². The zero-order chi connectivity index (χ0) is 10.8. The summed E-state index contributed by atoms with van der Waals surface area (Å²) in [5.74, 6) is -1.81. The molecular formula is C8H4B2F2N3. The quantitative estimate of drug-likeness (QED) is 0.673. The van der Waals surface area contributed by atoms with Crippen LogP contribution >= 0.6 is 0 Å². The number of aromatic nitrogens is 3. The fraction of sp³-hybridized carbons (Fsp3) is 0. The highest BCUT2D eigenvalue weighted by molar-refractivity contribution is 6.88. The lowest BCUT2D eigenvalue weighted by molar-refractivity contribution is 0.509. The van der Waals surface area contributed by atoms with Crippen LogP contribution in [0, 0.1) is 11.6 Å². The Balaban J connectivity index is 2.40. The summed E-state index contributed by atoms with van der Waals surface area (Å²) in [6.07, 6.45) is 1.51. The summed E-state index contributed by atoms with van der Waals surface area (Å²) in [6, 6.07) is 3.51. The summed E-state index contributed by atoms with van der Waals surface area (Å²) < 4.78 is 26.8. The van der Waals surface area contributed by atoms with Crippen LogP contribution in [0.4, 0.5) is 8.78 Å². The van der Waals surface area contributed by atoms with E-state index in [1.165, 1.54) is 24.2 Å². The van der Waals surface area contributed by atoms with Crippen LogP contribution < -0.4 is 0 Å². The molecule has 15 heavy (non-hydrogen) atoms. The average Bonchev–Trinajstić information content (AvgIpc) is 2.70. The molecule has 0 aliphatic rings. The third kappa shape index (κ3) is 1.91. The Hall–Kier alpha value is -1.65. The highest BCUT2D eigenvalue weighted by Gasteiger charge is 2.07. The van der Waals surface area contributed by atoms with Gasteiger partial charge in [0.2, 0.25) is 7.31 Å². The van der Waals surface area contributed by atoms with E-state index in [0.717, 1.165) is 12.1 Å². The van der Waals surface area contributed by atoms with Gasteiger partial charge < -0.3 is 4.59 Å². The van der Waals surface area contributed by atoms with Gasteiger partial charge in [-0.25, -0.2) is 8.78 Å². The van der Waals surface area contributed by atoms with Crippen LogP contribution in [0.3, 0.4) is 0 Å². The molecule has 0 spiro atoms. The van der Waals surface area contributed by atoms with Gasteiger partial charge in [-0.3, -0.25) is 0 Å². The van der Waals surface area contributed by atoms with Crippen molar-refractivity contribution in [3.63, 3.8) is 0 Å². The van der Waals surface area contributed by atoms with Gasteiger partial charge in [-0.1, -0.05) is 5.21 Å². The second-order valence-electron chi connectivity index (χ2n) is 2.86. The van der Waals surface area contributed by atoms with Gasteiger partial charge in [0.1, 0.15) is 5.69 Å². The lowest BCUT2D eigenvalue weighted by Crippen LogP contribution is -2.05. The summed E-state index contributed by atoms with van der Waals surface area (Å²) >= 11 is 0. The molecule has 71 valence electrons. The fourth-order valence-corrected chi connectivity index (χ4v) is 1.14. The molecule has 7 heteroatoms. The van der Waals surface area contributed by atoms with E-state index in [1.807, 2.05) is 0 Å². The van der Waals surface area contributed by atoms with Crippen LogP contribution in [-0.2, 0) is 0 Å². The first-order valence-corrected chi connectivity index (χ1v) is 4.13. The first kappa shape index (κ1) is 9.89. The molecule has 1 aromatic heterocycles. The summed E-state index contributed by atoms with van der Waals surface area (Å²) in [4.78, 5) is 0. The lowest BCUT2D eigenvalue weighted by Gasteiger charge is -1.96. The van der Waals surface area contributed by atoms with E-state index in [9.17, 15) is 8.78 Å². The molecule has 0 amide bonds. The molecule has 2 aromatic rings. The van der Waals surface area contributed by atoms with Gasteiger partial charge in [0, 0.05) is 19.5 Å². The van der Waals surface area contributed by atoms with Crippen molar-refractivity contribution in [3.8, 4) is 11.3 Å². The normalized spacial score (nSPS) is 10.3. The van der Waals surface area contributed by atoms with E-state index >= 15 is 0 Å². The molecule has 2 rings (SSSR count). The molecular weight excluding hydrogens is 198 g/mol. The van der Waals surface area contributed by atoms with Crippen molar-refractivity contribution in [1.82, 2.24) is 14.9 Å². The minimum absolute atomic E-state index is 0.426. The third-order valence-corrected chi connectivity index (χ3v) is 1.88. The van der Waals surface area contributed by atoms with Crippen LogP contribution in [-0.4, -0.2) is 29.9 Å².